The molecule has 140 valence electrons. The van der Waals surface area contributed by atoms with Crippen LogP contribution in [0.5, 0.6) is 5.75 Å². The van der Waals surface area contributed by atoms with E-state index in [1.807, 2.05) is 45.9 Å². The third-order valence-electron chi connectivity index (χ3n) is 4.61. The standard InChI is InChI=1S/C20H25BrN2O3/c1-10-18(14(5)24)12(3)23-19(10)20(25)13(4)22-11(2)15-7-8-17(26-6)16(21)9-15/h7-9,11,13,22-23H,1-6H3/t11-,13-/m0/s1. The molecule has 0 aliphatic rings. The van der Waals surface area contributed by atoms with E-state index in [-0.39, 0.29) is 17.6 Å². The summed E-state index contributed by atoms with van der Waals surface area (Å²) < 4.78 is 6.12. The first kappa shape index (κ1) is 20.4. The number of nitrogens with one attached hydrogen (secondary N) is 2. The van der Waals surface area contributed by atoms with Crippen LogP contribution in [0.25, 0.3) is 0 Å². The van der Waals surface area contributed by atoms with E-state index in [1.165, 1.54) is 6.92 Å². The Kier molecular flexibility index (Phi) is 6.42. The number of aryl methyl sites for hydroxylation is 1. The summed E-state index contributed by atoms with van der Waals surface area (Å²) in [5, 5.41) is 3.33. The number of carbonyl (C=O) groups excluding carboxylic acids is 2. The van der Waals surface area contributed by atoms with Gasteiger partial charge in [-0.3, -0.25) is 9.59 Å². The van der Waals surface area contributed by atoms with Gasteiger partial charge in [0.25, 0.3) is 0 Å². The maximum atomic E-state index is 12.9. The largest absolute Gasteiger partial charge is 0.496 e. The lowest BCUT2D eigenvalue weighted by atomic mass is 10.0. The third-order valence-corrected chi connectivity index (χ3v) is 5.22. The van der Waals surface area contributed by atoms with E-state index in [1.54, 1.807) is 7.11 Å². The minimum atomic E-state index is -0.401. The number of hydrogen-bond donors (Lipinski definition) is 2. The highest BCUT2D eigenvalue weighted by molar-refractivity contribution is 9.10. The summed E-state index contributed by atoms with van der Waals surface area (Å²) in [7, 11) is 1.62. The van der Waals surface area contributed by atoms with E-state index >= 15 is 0 Å². The molecular formula is C20H25BrN2O3. The Labute approximate surface area is 162 Å². The molecule has 0 spiro atoms. The summed E-state index contributed by atoms with van der Waals surface area (Å²) >= 11 is 3.48. The fraction of sp³-hybridized carbons (Fsp3) is 0.400. The quantitative estimate of drug-likeness (QED) is 0.645. The first-order valence-corrected chi connectivity index (χ1v) is 9.30. The number of benzene rings is 1. The second-order valence-corrected chi connectivity index (χ2v) is 7.40. The van der Waals surface area contributed by atoms with Crippen LogP contribution in [0.2, 0.25) is 0 Å². The van der Waals surface area contributed by atoms with Crippen molar-refractivity contribution in [2.45, 2.75) is 46.7 Å². The van der Waals surface area contributed by atoms with Crippen LogP contribution in [0, 0.1) is 13.8 Å². The Bertz CT molecular complexity index is 842. The van der Waals surface area contributed by atoms with E-state index in [2.05, 4.69) is 26.2 Å². The smallest absolute Gasteiger partial charge is 0.195 e. The van der Waals surface area contributed by atoms with E-state index < -0.39 is 6.04 Å². The molecule has 1 heterocycles. The lowest BCUT2D eigenvalue weighted by Gasteiger charge is -2.20. The van der Waals surface area contributed by atoms with Crippen molar-refractivity contribution in [2.24, 2.45) is 0 Å². The Morgan fingerprint density at radius 3 is 2.38 bits per heavy atom. The normalized spacial score (nSPS) is 13.3. The van der Waals surface area contributed by atoms with Gasteiger partial charge < -0.3 is 15.0 Å². The molecular weight excluding hydrogens is 396 g/mol. The molecule has 6 heteroatoms. The van der Waals surface area contributed by atoms with Gasteiger partial charge in [-0.2, -0.15) is 0 Å². The Hall–Kier alpha value is -1.92. The average molecular weight is 421 g/mol. The van der Waals surface area contributed by atoms with Gasteiger partial charge in [0.2, 0.25) is 0 Å². The fourth-order valence-electron chi connectivity index (χ4n) is 3.24. The van der Waals surface area contributed by atoms with E-state index in [4.69, 9.17) is 4.74 Å². The maximum absolute atomic E-state index is 12.9. The number of aromatic nitrogens is 1. The fourth-order valence-corrected chi connectivity index (χ4v) is 3.80. The lowest BCUT2D eigenvalue weighted by molar-refractivity contribution is 0.0940. The van der Waals surface area contributed by atoms with Gasteiger partial charge in [0.1, 0.15) is 5.75 Å². The monoisotopic (exact) mass is 420 g/mol. The number of carbonyl (C=O) groups is 2. The van der Waals surface area contributed by atoms with Crippen molar-refractivity contribution in [2.75, 3.05) is 7.11 Å². The van der Waals surface area contributed by atoms with Crippen LogP contribution in [-0.4, -0.2) is 29.7 Å². The van der Waals surface area contributed by atoms with Crippen molar-refractivity contribution < 1.29 is 14.3 Å². The molecule has 26 heavy (non-hydrogen) atoms. The van der Waals surface area contributed by atoms with Gasteiger partial charge in [0, 0.05) is 17.3 Å². The second kappa shape index (κ2) is 8.18. The first-order valence-electron chi connectivity index (χ1n) is 8.51. The highest BCUT2D eigenvalue weighted by Gasteiger charge is 2.24. The molecule has 2 N–H and O–H groups in total. The third kappa shape index (κ3) is 4.07. The summed E-state index contributed by atoms with van der Waals surface area (Å²) in [6.07, 6.45) is 0. The van der Waals surface area contributed by atoms with Crippen LogP contribution in [0.3, 0.4) is 0 Å². The van der Waals surface area contributed by atoms with Gasteiger partial charge in [-0.1, -0.05) is 6.07 Å². The summed E-state index contributed by atoms with van der Waals surface area (Å²) in [6, 6.07) is 5.41. The Balaban J connectivity index is 2.18. The summed E-state index contributed by atoms with van der Waals surface area (Å²) in [4.78, 5) is 27.7. The number of ether oxygens (including phenoxy) is 1. The molecule has 2 atom stereocenters. The van der Waals surface area contributed by atoms with Crippen molar-refractivity contribution in [3.05, 3.63) is 50.8 Å². The molecule has 0 saturated heterocycles. The number of halogens is 1. The molecule has 0 saturated carbocycles. The van der Waals surface area contributed by atoms with Gasteiger partial charge in [0.05, 0.1) is 23.3 Å². The highest BCUT2D eigenvalue weighted by Crippen LogP contribution is 2.28. The minimum absolute atomic E-state index is 0.0280. The van der Waals surface area contributed by atoms with Crippen LogP contribution in [0.4, 0.5) is 0 Å². The van der Waals surface area contributed by atoms with Crippen molar-refractivity contribution in [3.8, 4) is 5.75 Å². The van der Waals surface area contributed by atoms with Gasteiger partial charge >= 0.3 is 0 Å². The molecule has 0 bridgehead atoms. The predicted molar refractivity (Wildman–Crippen MR) is 106 cm³/mol. The predicted octanol–water partition coefficient (Wildman–Crippen LogP) is 4.53. The Morgan fingerprint density at radius 1 is 1.23 bits per heavy atom. The van der Waals surface area contributed by atoms with Crippen molar-refractivity contribution >= 4 is 27.5 Å². The Morgan fingerprint density at radius 2 is 1.88 bits per heavy atom. The van der Waals surface area contributed by atoms with Crippen LogP contribution >= 0.6 is 15.9 Å². The van der Waals surface area contributed by atoms with Crippen molar-refractivity contribution in [1.29, 1.82) is 0 Å². The number of H-pyrrole nitrogens is 1. The van der Waals surface area contributed by atoms with E-state index in [0.717, 1.165) is 21.5 Å². The molecule has 1 aromatic carbocycles. The molecule has 0 unspecified atom stereocenters. The first-order chi connectivity index (χ1) is 12.2. The zero-order valence-electron chi connectivity index (χ0n) is 16.0. The second-order valence-electron chi connectivity index (χ2n) is 6.55. The van der Waals surface area contributed by atoms with Gasteiger partial charge in [-0.25, -0.2) is 0 Å². The number of ketones is 2. The van der Waals surface area contributed by atoms with Gasteiger partial charge in [-0.15, -0.1) is 0 Å². The zero-order valence-corrected chi connectivity index (χ0v) is 17.6. The highest BCUT2D eigenvalue weighted by atomic mass is 79.9. The molecule has 0 fully saturated rings. The number of methoxy groups -OCH3 is 1. The SMILES string of the molecule is COc1ccc([C@H](C)N[C@@H](C)C(=O)c2[nH]c(C)c(C(C)=O)c2C)cc1Br. The number of rotatable bonds is 7. The van der Waals surface area contributed by atoms with Crippen LogP contribution < -0.4 is 10.1 Å². The summed E-state index contributed by atoms with van der Waals surface area (Å²) in [5.41, 5.74) is 3.59. The summed E-state index contributed by atoms with van der Waals surface area (Å²) in [5.74, 6) is 0.671. The van der Waals surface area contributed by atoms with Gasteiger partial charge in [0.15, 0.2) is 11.6 Å². The molecule has 0 amide bonds. The van der Waals surface area contributed by atoms with E-state index in [0.29, 0.717) is 16.8 Å². The average Bonchev–Trinajstić information content (AvgIpc) is 2.88. The minimum Gasteiger partial charge on any atom is -0.496 e. The van der Waals surface area contributed by atoms with Crippen molar-refractivity contribution in [1.82, 2.24) is 10.3 Å². The topological polar surface area (TPSA) is 71.2 Å². The number of Topliss-reactive ketones (excluding diaryl/α,β-unsaturated/α-hetero) is 2. The molecule has 1 aromatic heterocycles. The molecule has 2 rings (SSSR count). The van der Waals surface area contributed by atoms with Crippen LogP contribution in [0.1, 0.15) is 64.5 Å². The summed E-state index contributed by atoms with van der Waals surface area (Å²) in [6.45, 7) is 8.98. The molecule has 5 nitrogen and oxygen atoms in total. The van der Waals surface area contributed by atoms with Crippen LogP contribution in [-0.2, 0) is 0 Å². The molecule has 0 radical (unpaired) electrons. The van der Waals surface area contributed by atoms with Crippen LogP contribution in [0.15, 0.2) is 22.7 Å². The molecule has 2 aromatic rings. The number of hydrogen-bond acceptors (Lipinski definition) is 4. The van der Waals surface area contributed by atoms with E-state index in [9.17, 15) is 9.59 Å². The lowest BCUT2D eigenvalue weighted by Crippen LogP contribution is -2.36. The maximum Gasteiger partial charge on any atom is 0.195 e. The zero-order chi connectivity index (χ0) is 19.6. The van der Waals surface area contributed by atoms with Crippen molar-refractivity contribution in [3.63, 3.8) is 0 Å². The molecule has 0 aliphatic carbocycles. The number of aromatic amines is 1. The van der Waals surface area contributed by atoms with Gasteiger partial charge in [-0.05, 0) is 73.8 Å². The molecule has 0 aliphatic heterocycles.